The summed E-state index contributed by atoms with van der Waals surface area (Å²) in [6, 6.07) is 22.7. The second kappa shape index (κ2) is 12.1. The molecule has 0 aliphatic carbocycles. The number of ether oxygens (including phenoxy) is 2. The first kappa shape index (κ1) is 25.1. The Bertz CT molecular complexity index is 1180. The standard InChI is InChI=1S/C26H30N2O5S/c1-3-33-25-17-8-7-16-24(25)28(34(30,31)23-14-5-4-6-15-23)20-26(29)27-18-10-12-21-11-9-13-22(19-21)32-2/h4-9,11,13-17,19H,3,10,12,18,20H2,1-2H3,(H,27,29). The van der Waals surface area contributed by atoms with Crippen LogP contribution in [0, 0.1) is 0 Å². The number of anilines is 1. The molecule has 0 saturated heterocycles. The molecule has 8 heteroatoms. The SMILES string of the molecule is CCOc1ccccc1N(CC(=O)NCCCc1cccc(OC)c1)S(=O)(=O)c1ccccc1. The summed E-state index contributed by atoms with van der Waals surface area (Å²) in [4.78, 5) is 12.9. The molecule has 0 aromatic heterocycles. The third kappa shape index (κ3) is 6.51. The van der Waals surface area contributed by atoms with Crippen LogP contribution in [0.25, 0.3) is 0 Å². The zero-order chi connectivity index (χ0) is 24.4. The topological polar surface area (TPSA) is 84.9 Å². The molecule has 3 rings (SSSR count). The van der Waals surface area contributed by atoms with Crippen molar-refractivity contribution < 1.29 is 22.7 Å². The Morgan fingerprint density at radius 1 is 0.971 bits per heavy atom. The van der Waals surface area contributed by atoms with Crippen LogP contribution in [0.15, 0.2) is 83.8 Å². The van der Waals surface area contributed by atoms with Gasteiger partial charge in [-0.1, -0.05) is 42.5 Å². The number of nitrogens with one attached hydrogen (secondary N) is 1. The average Bonchev–Trinajstić information content (AvgIpc) is 2.86. The normalized spacial score (nSPS) is 11.0. The van der Waals surface area contributed by atoms with Crippen LogP contribution in [0.4, 0.5) is 5.69 Å². The number of para-hydroxylation sites is 2. The molecular formula is C26H30N2O5S. The van der Waals surface area contributed by atoms with Gasteiger partial charge in [0.1, 0.15) is 18.0 Å². The van der Waals surface area contributed by atoms with Crippen LogP contribution < -0.4 is 19.1 Å². The van der Waals surface area contributed by atoms with Gasteiger partial charge in [-0.05, 0) is 61.7 Å². The number of carbonyl (C=O) groups excluding carboxylic acids is 1. The van der Waals surface area contributed by atoms with Crippen LogP contribution in [0.2, 0.25) is 0 Å². The van der Waals surface area contributed by atoms with Gasteiger partial charge in [0.05, 0.1) is 24.3 Å². The fourth-order valence-electron chi connectivity index (χ4n) is 3.49. The van der Waals surface area contributed by atoms with Crippen molar-refractivity contribution in [1.29, 1.82) is 0 Å². The van der Waals surface area contributed by atoms with E-state index in [1.54, 1.807) is 49.6 Å². The predicted octanol–water partition coefficient (Wildman–Crippen LogP) is 4.04. The summed E-state index contributed by atoms with van der Waals surface area (Å²) in [5.41, 5.74) is 1.42. The molecule has 0 radical (unpaired) electrons. The van der Waals surface area contributed by atoms with Gasteiger partial charge in [-0.15, -0.1) is 0 Å². The monoisotopic (exact) mass is 482 g/mol. The van der Waals surface area contributed by atoms with Gasteiger partial charge in [-0.3, -0.25) is 9.10 Å². The first-order valence-corrected chi connectivity index (χ1v) is 12.6. The average molecular weight is 483 g/mol. The Kier molecular flexibility index (Phi) is 8.93. The van der Waals surface area contributed by atoms with E-state index in [0.717, 1.165) is 22.0 Å². The summed E-state index contributed by atoms with van der Waals surface area (Å²) in [5, 5.41) is 2.84. The first-order chi connectivity index (χ1) is 16.5. The number of aryl methyl sites for hydroxylation is 1. The maximum Gasteiger partial charge on any atom is 0.264 e. The molecule has 0 unspecified atom stereocenters. The van der Waals surface area contributed by atoms with Crippen LogP contribution in [0.5, 0.6) is 11.5 Å². The molecule has 0 bridgehead atoms. The Morgan fingerprint density at radius 2 is 1.71 bits per heavy atom. The van der Waals surface area contributed by atoms with Gasteiger partial charge in [0.25, 0.3) is 10.0 Å². The number of sulfonamides is 1. The second-order valence-electron chi connectivity index (χ2n) is 7.53. The largest absolute Gasteiger partial charge is 0.497 e. The number of carbonyl (C=O) groups is 1. The number of methoxy groups -OCH3 is 1. The molecular weight excluding hydrogens is 452 g/mol. The van der Waals surface area contributed by atoms with Gasteiger partial charge in [0.2, 0.25) is 5.91 Å². The number of benzene rings is 3. The molecule has 0 spiro atoms. The maximum absolute atomic E-state index is 13.5. The highest BCUT2D eigenvalue weighted by atomic mass is 32.2. The third-order valence-electron chi connectivity index (χ3n) is 5.15. The van der Waals surface area contributed by atoms with E-state index in [2.05, 4.69) is 5.32 Å². The van der Waals surface area contributed by atoms with Gasteiger partial charge in [-0.25, -0.2) is 8.42 Å². The zero-order valence-electron chi connectivity index (χ0n) is 19.4. The number of nitrogens with zero attached hydrogens (tertiary/aromatic N) is 1. The molecule has 0 saturated carbocycles. The molecule has 3 aromatic rings. The van der Waals surface area contributed by atoms with Gasteiger partial charge >= 0.3 is 0 Å². The Labute approximate surface area is 201 Å². The minimum Gasteiger partial charge on any atom is -0.497 e. The van der Waals surface area contributed by atoms with E-state index < -0.39 is 15.9 Å². The van der Waals surface area contributed by atoms with Crippen LogP contribution in [-0.4, -0.2) is 41.1 Å². The molecule has 0 fully saturated rings. The molecule has 180 valence electrons. The van der Waals surface area contributed by atoms with Gasteiger partial charge < -0.3 is 14.8 Å². The lowest BCUT2D eigenvalue weighted by Gasteiger charge is -2.26. The highest BCUT2D eigenvalue weighted by Crippen LogP contribution is 2.32. The van der Waals surface area contributed by atoms with E-state index in [1.807, 2.05) is 31.2 Å². The highest BCUT2D eigenvalue weighted by Gasteiger charge is 2.29. The molecule has 0 aliphatic rings. The van der Waals surface area contributed by atoms with E-state index in [1.165, 1.54) is 12.1 Å². The van der Waals surface area contributed by atoms with Crippen LogP contribution >= 0.6 is 0 Å². The molecule has 0 atom stereocenters. The first-order valence-electron chi connectivity index (χ1n) is 11.1. The van der Waals surface area contributed by atoms with Crippen molar-refractivity contribution in [1.82, 2.24) is 5.32 Å². The van der Waals surface area contributed by atoms with Gasteiger partial charge in [-0.2, -0.15) is 0 Å². The molecule has 7 nitrogen and oxygen atoms in total. The molecule has 0 heterocycles. The van der Waals surface area contributed by atoms with Crippen molar-refractivity contribution in [3.05, 3.63) is 84.4 Å². The van der Waals surface area contributed by atoms with Crippen molar-refractivity contribution in [3.8, 4) is 11.5 Å². The molecule has 3 aromatic carbocycles. The third-order valence-corrected chi connectivity index (χ3v) is 6.92. The Morgan fingerprint density at radius 3 is 2.44 bits per heavy atom. The van der Waals surface area contributed by atoms with Gasteiger partial charge in [0, 0.05) is 6.54 Å². The molecule has 1 N–H and O–H groups in total. The van der Waals surface area contributed by atoms with Crippen molar-refractivity contribution in [2.45, 2.75) is 24.7 Å². The van der Waals surface area contributed by atoms with Crippen molar-refractivity contribution in [3.63, 3.8) is 0 Å². The van der Waals surface area contributed by atoms with Crippen LogP contribution in [0.1, 0.15) is 18.9 Å². The Balaban J connectivity index is 1.73. The van der Waals surface area contributed by atoms with Crippen LogP contribution in [0.3, 0.4) is 0 Å². The van der Waals surface area contributed by atoms with E-state index in [0.29, 0.717) is 31.0 Å². The lowest BCUT2D eigenvalue weighted by molar-refractivity contribution is -0.119. The lowest BCUT2D eigenvalue weighted by Crippen LogP contribution is -2.41. The number of hydrogen-bond acceptors (Lipinski definition) is 5. The highest BCUT2D eigenvalue weighted by molar-refractivity contribution is 7.92. The molecule has 1 amide bonds. The minimum absolute atomic E-state index is 0.104. The summed E-state index contributed by atoms with van der Waals surface area (Å²) in [6.07, 6.45) is 1.47. The Hall–Kier alpha value is -3.52. The second-order valence-corrected chi connectivity index (χ2v) is 9.39. The fourth-order valence-corrected chi connectivity index (χ4v) is 4.95. The predicted molar refractivity (Wildman–Crippen MR) is 133 cm³/mol. The van der Waals surface area contributed by atoms with Crippen molar-refractivity contribution in [2.24, 2.45) is 0 Å². The summed E-state index contributed by atoms with van der Waals surface area (Å²) in [6.45, 7) is 2.25. The summed E-state index contributed by atoms with van der Waals surface area (Å²) in [5.74, 6) is 0.794. The zero-order valence-corrected chi connectivity index (χ0v) is 20.3. The summed E-state index contributed by atoms with van der Waals surface area (Å²) in [7, 11) is -2.37. The number of rotatable bonds is 12. The fraction of sp³-hybridized carbons (Fsp3) is 0.269. The quantitative estimate of drug-likeness (QED) is 0.394. The smallest absolute Gasteiger partial charge is 0.264 e. The minimum atomic E-state index is -3.99. The number of amides is 1. The van der Waals surface area contributed by atoms with E-state index in [9.17, 15) is 13.2 Å². The number of hydrogen-bond donors (Lipinski definition) is 1. The van der Waals surface area contributed by atoms with E-state index in [-0.39, 0.29) is 11.4 Å². The van der Waals surface area contributed by atoms with Gasteiger partial charge in [0.15, 0.2) is 0 Å². The summed E-state index contributed by atoms with van der Waals surface area (Å²) < 4.78 is 38.9. The summed E-state index contributed by atoms with van der Waals surface area (Å²) >= 11 is 0. The molecule has 0 aliphatic heterocycles. The van der Waals surface area contributed by atoms with Crippen molar-refractivity contribution in [2.75, 3.05) is 31.1 Å². The van der Waals surface area contributed by atoms with E-state index in [4.69, 9.17) is 9.47 Å². The maximum atomic E-state index is 13.5. The van der Waals surface area contributed by atoms with E-state index >= 15 is 0 Å². The lowest BCUT2D eigenvalue weighted by atomic mass is 10.1. The molecule has 34 heavy (non-hydrogen) atoms. The van der Waals surface area contributed by atoms with Crippen LogP contribution in [-0.2, 0) is 21.2 Å². The van der Waals surface area contributed by atoms with Crippen molar-refractivity contribution >= 4 is 21.6 Å².